The van der Waals surface area contributed by atoms with Crippen molar-refractivity contribution in [3.8, 4) is 5.95 Å². The molecule has 1 aliphatic heterocycles. The lowest BCUT2D eigenvalue weighted by Crippen LogP contribution is -2.28. The summed E-state index contributed by atoms with van der Waals surface area (Å²) in [5.74, 6) is 7.77. The molecule has 3 heterocycles. The van der Waals surface area contributed by atoms with Crippen molar-refractivity contribution in [2.75, 3.05) is 23.4 Å². The van der Waals surface area contributed by atoms with Crippen molar-refractivity contribution in [1.29, 1.82) is 0 Å². The minimum absolute atomic E-state index is 0.362. The van der Waals surface area contributed by atoms with E-state index in [1.807, 2.05) is 0 Å². The molecule has 1 unspecified atom stereocenters. The van der Waals surface area contributed by atoms with E-state index >= 15 is 0 Å². The number of aromatic nitrogens is 5. The van der Waals surface area contributed by atoms with Crippen molar-refractivity contribution < 1.29 is 0 Å². The average Bonchev–Trinajstić information content (AvgIpc) is 2.96. The van der Waals surface area contributed by atoms with Gasteiger partial charge in [-0.3, -0.25) is 9.99 Å². The van der Waals surface area contributed by atoms with Crippen LogP contribution in [0.2, 0.25) is 0 Å². The second-order valence-corrected chi connectivity index (χ2v) is 5.40. The smallest absolute Gasteiger partial charge is 0.243 e. The van der Waals surface area contributed by atoms with E-state index in [0.29, 0.717) is 17.8 Å². The number of nitrogens with zero attached hydrogens (tertiary/aromatic N) is 6. The Kier molecular flexibility index (Phi) is 3.96. The second-order valence-electron chi connectivity index (χ2n) is 5.40. The molecule has 1 saturated heterocycles. The third-order valence-corrected chi connectivity index (χ3v) is 3.78. The molecule has 3 rings (SSSR count). The molecule has 112 valence electrons. The summed E-state index contributed by atoms with van der Waals surface area (Å²) in [6.45, 7) is 4.21. The van der Waals surface area contributed by atoms with E-state index in [1.165, 1.54) is 6.42 Å². The highest BCUT2D eigenvalue weighted by Crippen LogP contribution is 2.21. The molecule has 1 aliphatic rings. The zero-order valence-electron chi connectivity index (χ0n) is 12.1. The Morgan fingerprint density at radius 1 is 1.19 bits per heavy atom. The quantitative estimate of drug-likeness (QED) is 0.641. The van der Waals surface area contributed by atoms with Gasteiger partial charge in [0.05, 0.1) is 0 Å². The fourth-order valence-corrected chi connectivity index (χ4v) is 2.52. The normalized spacial score (nSPS) is 19.3. The molecule has 21 heavy (non-hydrogen) atoms. The van der Waals surface area contributed by atoms with Crippen LogP contribution in [-0.2, 0) is 0 Å². The zero-order valence-corrected chi connectivity index (χ0v) is 12.1. The number of hydrogen-bond donors (Lipinski definition) is 2. The van der Waals surface area contributed by atoms with Crippen molar-refractivity contribution in [2.45, 2.75) is 26.2 Å². The minimum atomic E-state index is 0.362. The molecule has 0 aliphatic carbocycles. The Morgan fingerprint density at radius 3 is 2.81 bits per heavy atom. The minimum Gasteiger partial charge on any atom is -0.341 e. The first-order valence-electron chi connectivity index (χ1n) is 7.22. The van der Waals surface area contributed by atoms with Gasteiger partial charge in [0, 0.05) is 25.5 Å². The van der Waals surface area contributed by atoms with Crippen LogP contribution in [0.4, 0.5) is 11.9 Å². The number of nitrogen functional groups attached to an aromatic ring is 1. The molecular weight excluding hydrogens is 268 g/mol. The summed E-state index contributed by atoms with van der Waals surface area (Å²) >= 11 is 0. The van der Waals surface area contributed by atoms with Crippen molar-refractivity contribution in [3.63, 3.8) is 0 Å². The maximum absolute atomic E-state index is 5.48. The van der Waals surface area contributed by atoms with Gasteiger partial charge in [0.2, 0.25) is 17.8 Å². The van der Waals surface area contributed by atoms with E-state index < -0.39 is 0 Å². The highest BCUT2D eigenvalue weighted by atomic mass is 15.4. The Balaban J connectivity index is 1.92. The molecule has 3 N–H and O–H groups in total. The summed E-state index contributed by atoms with van der Waals surface area (Å²) in [6, 6.07) is 0. The SMILES string of the molecule is CC1CCCN(c2nc(NN)nc(-n3ccnc3)n2)CC1. The monoisotopic (exact) mass is 288 g/mol. The molecule has 1 fully saturated rings. The van der Waals surface area contributed by atoms with E-state index in [0.717, 1.165) is 31.8 Å². The van der Waals surface area contributed by atoms with Crippen molar-refractivity contribution in [3.05, 3.63) is 18.7 Å². The second kappa shape index (κ2) is 6.04. The molecule has 1 atom stereocenters. The molecule has 8 nitrogen and oxygen atoms in total. The summed E-state index contributed by atoms with van der Waals surface area (Å²) in [5, 5.41) is 0. The van der Waals surface area contributed by atoms with Crippen molar-refractivity contribution in [2.24, 2.45) is 11.8 Å². The fraction of sp³-hybridized carbons (Fsp3) is 0.538. The Morgan fingerprint density at radius 2 is 2.05 bits per heavy atom. The largest absolute Gasteiger partial charge is 0.341 e. The van der Waals surface area contributed by atoms with Gasteiger partial charge in [-0.25, -0.2) is 10.8 Å². The number of nitrogens with one attached hydrogen (secondary N) is 1. The van der Waals surface area contributed by atoms with E-state index in [9.17, 15) is 0 Å². The van der Waals surface area contributed by atoms with Gasteiger partial charge in [-0.05, 0) is 25.2 Å². The first kappa shape index (κ1) is 13.7. The van der Waals surface area contributed by atoms with Crippen LogP contribution < -0.4 is 16.2 Å². The lowest BCUT2D eigenvalue weighted by Gasteiger charge is -2.21. The molecule has 2 aromatic heterocycles. The molecule has 0 bridgehead atoms. The van der Waals surface area contributed by atoms with Crippen LogP contribution >= 0.6 is 0 Å². The third kappa shape index (κ3) is 3.10. The Hall–Kier alpha value is -2.22. The summed E-state index contributed by atoms with van der Waals surface area (Å²) in [6.07, 6.45) is 8.69. The topological polar surface area (TPSA) is 97.8 Å². The maximum Gasteiger partial charge on any atom is 0.243 e. The standard InChI is InChI=1S/C13H20N8/c1-10-3-2-6-20(7-4-10)12-16-11(19-14)17-13(18-12)21-8-5-15-9-21/h5,8-10H,2-4,6-7,14H2,1H3,(H,16,17,18,19). The van der Waals surface area contributed by atoms with E-state index in [1.54, 1.807) is 23.3 Å². The first-order valence-corrected chi connectivity index (χ1v) is 7.22. The van der Waals surface area contributed by atoms with Gasteiger partial charge in [-0.15, -0.1) is 0 Å². The fourth-order valence-electron chi connectivity index (χ4n) is 2.52. The number of imidazole rings is 1. The van der Waals surface area contributed by atoms with Crippen LogP contribution in [0.25, 0.3) is 5.95 Å². The van der Waals surface area contributed by atoms with Gasteiger partial charge < -0.3 is 4.90 Å². The molecule has 0 aromatic carbocycles. The number of anilines is 2. The lowest BCUT2D eigenvalue weighted by molar-refractivity contribution is 0.521. The van der Waals surface area contributed by atoms with Gasteiger partial charge in [-0.2, -0.15) is 15.0 Å². The van der Waals surface area contributed by atoms with E-state index in [4.69, 9.17) is 5.84 Å². The van der Waals surface area contributed by atoms with Crippen molar-refractivity contribution >= 4 is 11.9 Å². The lowest BCUT2D eigenvalue weighted by atomic mass is 10.0. The summed E-state index contributed by atoms with van der Waals surface area (Å²) in [7, 11) is 0. The molecule has 0 spiro atoms. The molecule has 0 radical (unpaired) electrons. The van der Waals surface area contributed by atoms with E-state index in [-0.39, 0.29) is 0 Å². The van der Waals surface area contributed by atoms with Crippen LogP contribution in [0.3, 0.4) is 0 Å². The molecule has 2 aromatic rings. The zero-order chi connectivity index (χ0) is 14.7. The highest BCUT2D eigenvalue weighted by molar-refractivity contribution is 5.39. The van der Waals surface area contributed by atoms with Gasteiger partial charge >= 0.3 is 0 Å². The summed E-state index contributed by atoms with van der Waals surface area (Å²) in [4.78, 5) is 19.4. The van der Waals surface area contributed by atoms with Gasteiger partial charge in [0.25, 0.3) is 0 Å². The van der Waals surface area contributed by atoms with Crippen LogP contribution in [-0.4, -0.2) is 37.6 Å². The molecule has 8 heteroatoms. The predicted octanol–water partition coefficient (Wildman–Crippen LogP) is 0.969. The van der Waals surface area contributed by atoms with Crippen LogP contribution in [0.15, 0.2) is 18.7 Å². The maximum atomic E-state index is 5.48. The van der Waals surface area contributed by atoms with Gasteiger partial charge in [0.15, 0.2) is 0 Å². The molecule has 0 amide bonds. The number of hydrazine groups is 1. The summed E-state index contributed by atoms with van der Waals surface area (Å²) in [5.41, 5.74) is 2.51. The first-order chi connectivity index (χ1) is 10.3. The van der Waals surface area contributed by atoms with Crippen LogP contribution in [0.5, 0.6) is 0 Å². The number of hydrogen-bond acceptors (Lipinski definition) is 7. The van der Waals surface area contributed by atoms with Gasteiger partial charge in [-0.1, -0.05) is 6.92 Å². The van der Waals surface area contributed by atoms with Crippen LogP contribution in [0, 0.1) is 5.92 Å². The molecular formula is C13H20N8. The Labute approximate surface area is 123 Å². The highest BCUT2D eigenvalue weighted by Gasteiger charge is 2.18. The Bertz CT molecular complexity index is 582. The summed E-state index contributed by atoms with van der Waals surface area (Å²) < 4.78 is 1.74. The third-order valence-electron chi connectivity index (χ3n) is 3.78. The van der Waals surface area contributed by atoms with Crippen LogP contribution in [0.1, 0.15) is 26.2 Å². The average molecular weight is 288 g/mol. The van der Waals surface area contributed by atoms with Crippen molar-refractivity contribution in [1.82, 2.24) is 24.5 Å². The predicted molar refractivity (Wildman–Crippen MR) is 80.0 cm³/mol. The number of rotatable bonds is 3. The van der Waals surface area contributed by atoms with Gasteiger partial charge in [0.1, 0.15) is 6.33 Å². The number of nitrogens with two attached hydrogens (primary N) is 1. The molecule has 0 saturated carbocycles. The van der Waals surface area contributed by atoms with E-state index in [2.05, 4.69) is 37.2 Å².